The van der Waals surface area contributed by atoms with E-state index in [4.69, 9.17) is 0 Å². The molecule has 0 saturated carbocycles. The Labute approximate surface area is 98.9 Å². The summed E-state index contributed by atoms with van der Waals surface area (Å²) in [6.45, 7) is 12.5. The first kappa shape index (κ1) is 13.2. The minimum absolute atomic E-state index is 0.115. The second-order valence-electron chi connectivity index (χ2n) is 5.43. The molecule has 1 rings (SSSR count). The van der Waals surface area contributed by atoms with E-state index in [1.807, 2.05) is 11.0 Å². The smallest absolute Gasteiger partial charge is 0.226 e. The van der Waals surface area contributed by atoms with Crippen molar-refractivity contribution in [1.82, 2.24) is 10.2 Å². The van der Waals surface area contributed by atoms with Crippen LogP contribution in [0.5, 0.6) is 0 Å². The van der Waals surface area contributed by atoms with Crippen molar-refractivity contribution in [2.45, 2.75) is 39.2 Å². The quantitative estimate of drug-likeness (QED) is 0.741. The van der Waals surface area contributed by atoms with Gasteiger partial charge in [0.2, 0.25) is 5.91 Å². The van der Waals surface area contributed by atoms with Gasteiger partial charge in [-0.3, -0.25) is 4.79 Å². The van der Waals surface area contributed by atoms with Gasteiger partial charge in [0, 0.05) is 18.0 Å². The molecular formula is C13H24N2O. The number of hydrogen-bond acceptors (Lipinski definition) is 2. The highest BCUT2D eigenvalue weighted by Gasteiger charge is 2.31. The maximum absolute atomic E-state index is 12.4. The average molecular weight is 224 g/mol. The van der Waals surface area contributed by atoms with Crippen molar-refractivity contribution in [3.05, 3.63) is 12.7 Å². The summed E-state index contributed by atoms with van der Waals surface area (Å²) < 4.78 is 0. The van der Waals surface area contributed by atoms with Gasteiger partial charge in [0.05, 0.1) is 0 Å². The van der Waals surface area contributed by atoms with Gasteiger partial charge in [-0.05, 0) is 46.7 Å². The molecule has 0 aromatic rings. The van der Waals surface area contributed by atoms with Crippen LogP contribution in [0.3, 0.4) is 0 Å². The first-order chi connectivity index (χ1) is 7.46. The number of nitrogens with zero attached hydrogens (tertiary/aromatic N) is 1. The van der Waals surface area contributed by atoms with Crippen LogP contribution in [-0.4, -0.2) is 36.0 Å². The van der Waals surface area contributed by atoms with E-state index in [1.54, 1.807) is 0 Å². The molecule has 0 atom stereocenters. The summed E-state index contributed by atoms with van der Waals surface area (Å²) >= 11 is 0. The molecule has 92 valence electrons. The van der Waals surface area contributed by atoms with Crippen LogP contribution in [0.2, 0.25) is 0 Å². The van der Waals surface area contributed by atoms with E-state index in [0.29, 0.717) is 6.54 Å². The van der Waals surface area contributed by atoms with Gasteiger partial charge in [-0.25, -0.2) is 0 Å². The predicted octanol–water partition coefficient (Wildman–Crippen LogP) is 1.80. The second kappa shape index (κ2) is 5.48. The fraction of sp³-hybridized carbons (Fsp3) is 0.769. The Hall–Kier alpha value is -0.830. The van der Waals surface area contributed by atoms with Crippen molar-refractivity contribution in [2.75, 3.05) is 19.6 Å². The molecule has 1 N–H and O–H groups in total. The molecule has 1 fully saturated rings. The van der Waals surface area contributed by atoms with Crippen molar-refractivity contribution < 1.29 is 4.79 Å². The van der Waals surface area contributed by atoms with Crippen LogP contribution in [-0.2, 0) is 4.79 Å². The van der Waals surface area contributed by atoms with E-state index in [0.717, 1.165) is 25.9 Å². The number of carbonyl (C=O) groups is 1. The number of hydrogen-bond donors (Lipinski definition) is 1. The normalized spacial score (nSPS) is 18.2. The number of amides is 1. The van der Waals surface area contributed by atoms with Gasteiger partial charge in [-0.2, -0.15) is 0 Å². The summed E-state index contributed by atoms with van der Waals surface area (Å²) in [5.74, 6) is 0.481. The molecule has 0 radical (unpaired) electrons. The molecule has 3 nitrogen and oxygen atoms in total. The summed E-state index contributed by atoms with van der Waals surface area (Å²) in [7, 11) is 0. The lowest BCUT2D eigenvalue weighted by atomic mass is 9.94. The molecule has 1 saturated heterocycles. The fourth-order valence-corrected chi connectivity index (χ4v) is 2.11. The second-order valence-corrected chi connectivity index (χ2v) is 5.43. The number of carbonyl (C=O) groups excluding carboxylic acids is 1. The minimum Gasteiger partial charge on any atom is -0.334 e. The molecular weight excluding hydrogens is 200 g/mol. The Kier molecular flexibility index (Phi) is 4.54. The Bertz CT molecular complexity index is 249. The summed E-state index contributed by atoms with van der Waals surface area (Å²) in [6.07, 6.45) is 3.73. The lowest BCUT2D eigenvalue weighted by Gasteiger charge is -2.38. The van der Waals surface area contributed by atoms with E-state index in [-0.39, 0.29) is 17.4 Å². The molecule has 1 aliphatic rings. The minimum atomic E-state index is -0.115. The van der Waals surface area contributed by atoms with Crippen molar-refractivity contribution in [2.24, 2.45) is 5.92 Å². The molecule has 0 aromatic heterocycles. The molecule has 16 heavy (non-hydrogen) atoms. The highest BCUT2D eigenvalue weighted by Crippen LogP contribution is 2.21. The van der Waals surface area contributed by atoms with E-state index >= 15 is 0 Å². The van der Waals surface area contributed by atoms with Gasteiger partial charge >= 0.3 is 0 Å². The number of rotatable bonds is 3. The Balaban J connectivity index is 2.69. The third kappa shape index (κ3) is 3.34. The van der Waals surface area contributed by atoms with Gasteiger partial charge in [0.1, 0.15) is 0 Å². The van der Waals surface area contributed by atoms with Gasteiger partial charge in [0.25, 0.3) is 0 Å². The zero-order valence-corrected chi connectivity index (χ0v) is 10.8. The molecule has 0 unspecified atom stereocenters. The Morgan fingerprint density at radius 2 is 2.00 bits per heavy atom. The number of piperidine rings is 1. The van der Waals surface area contributed by atoms with E-state index in [9.17, 15) is 4.79 Å². The SMILES string of the molecule is C=CCN(C(=O)C1CCNCC1)C(C)(C)C. The molecule has 3 heteroatoms. The van der Waals surface area contributed by atoms with Gasteiger partial charge in [-0.1, -0.05) is 6.08 Å². The van der Waals surface area contributed by atoms with Crippen molar-refractivity contribution >= 4 is 5.91 Å². The van der Waals surface area contributed by atoms with Crippen molar-refractivity contribution in [1.29, 1.82) is 0 Å². The Morgan fingerprint density at radius 1 is 1.44 bits per heavy atom. The van der Waals surface area contributed by atoms with Gasteiger partial charge in [0.15, 0.2) is 0 Å². The van der Waals surface area contributed by atoms with Crippen LogP contribution in [0.15, 0.2) is 12.7 Å². The zero-order valence-electron chi connectivity index (χ0n) is 10.8. The molecule has 1 amide bonds. The van der Waals surface area contributed by atoms with Crippen LogP contribution in [0.1, 0.15) is 33.6 Å². The maximum atomic E-state index is 12.4. The summed E-state index contributed by atoms with van der Waals surface area (Å²) in [5.41, 5.74) is -0.115. The summed E-state index contributed by atoms with van der Waals surface area (Å²) in [6, 6.07) is 0. The van der Waals surface area contributed by atoms with E-state index < -0.39 is 0 Å². The Morgan fingerprint density at radius 3 is 2.44 bits per heavy atom. The van der Waals surface area contributed by atoms with Crippen molar-refractivity contribution in [3.8, 4) is 0 Å². The third-order valence-electron chi connectivity index (χ3n) is 3.08. The summed E-state index contributed by atoms with van der Waals surface area (Å²) in [5, 5.41) is 3.29. The standard InChI is InChI=1S/C13H24N2O/c1-5-10-15(13(2,3)4)12(16)11-6-8-14-9-7-11/h5,11,14H,1,6-10H2,2-4H3. The lowest BCUT2D eigenvalue weighted by molar-refractivity contribution is -0.140. The highest BCUT2D eigenvalue weighted by atomic mass is 16.2. The molecule has 0 spiro atoms. The predicted molar refractivity (Wildman–Crippen MR) is 67.3 cm³/mol. The molecule has 1 heterocycles. The van der Waals surface area contributed by atoms with Crippen LogP contribution in [0.25, 0.3) is 0 Å². The zero-order chi connectivity index (χ0) is 12.2. The maximum Gasteiger partial charge on any atom is 0.226 e. The average Bonchev–Trinajstić information content (AvgIpc) is 2.25. The molecule has 0 aromatic carbocycles. The van der Waals surface area contributed by atoms with Crippen LogP contribution in [0, 0.1) is 5.92 Å². The monoisotopic (exact) mass is 224 g/mol. The first-order valence-corrected chi connectivity index (χ1v) is 6.10. The van der Waals surface area contributed by atoms with Gasteiger partial charge in [-0.15, -0.1) is 6.58 Å². The van der Waals surface area contributed by atoms with E-state index in [2.05, 4.69) is 32.7 Å². The topological polar surface area (TPSA) is 32.3 Å². The van der Waals surface area contributed by atoms with Crippen LogP contribution < -0.4 is 5.32 Å². The molecule has 0 aliphatic carbocycles. The third-order valence-corrected chi connectivity index (χ3v) is 3.08. The van der Waals surface area contributed by atoms with Gasteiger partial charge < -0.3 is 10.2 Å². The largest absolute Gasteiger partial charge is 0.334 e. The fourth-order valence-electron chi connectivity index (χ4n) is 2.11. The van der Waals surface area contributed by atoms with Crippen LogP contribution >= 0.6 is 0 Å². The number of nitrogens with one attached hydrogen (secondary N) is 1. The lowest BCUT2D eigenvalue weighted by Crippen LogP contribution is -2.49. The van der Waals surface area contributed by atoms with E-state index in [1.165, 1.54) is 0 Å². The van der Waals surface area contributed by atoms with Crippen molar-refractivity contribution in [3.63, 3.8) is 0 Å². The van der Waals surface area contributed by atoms with Crippen LogP contribution in [0.4, 0.5) is 0 Å². The summed E-state index contributed by atoms with van der Waals surface area (Å²) in [4.78, 5) is 14.3. The first-order valence-electron chi connectivity index (χ1n) is 6.10. The molecule has 1 aliphatic heterocycles. The highest BCUT2D eigenvalue weighted by molar-refractivity contribution is 5.79. The molecule has 0 bridgehead atoms.